The normalized spacial score (nSPS) is 11.0. The van der Waals surface area contributed by atoms with E-state index in [1.807, 2.05) is 6.07 Å². The molecule has 0 aliphatic carbocycles. The molecule has 120 valence electrons. The van der Waals surface area contributed by atoms with Gasteiger partial charge in [0.2, 0.25) is 11.3 Å². The average molecular weight is 317 g/mol. The average Bonchev–Trinajstić information content (AvgIpc) is 2.97. The highest BCUT2D eigenvalue weighted by atomic mass is 19.1. The highest BCUT2D eigenvalue weighted by Gasteiger charge is 2.11. The van der Waals surface area contributed by atoms with E-state index < -0.39 is 11.4 Å². The number of aromatic amines is 1. The Kier molecular flexibility index (Phi) is 4.31. The summed E-state index contributed by atoms with van der Waals surface area (Å²) in [6, 6.07) is 4.91. The lowest BCUT2D eigenvalue weighted by Crippen LogP contribution is -2.14. The van der Waals surface area contributed by atoms with Crippen LogP contribution in [0.2, 0.25) is 0 Å². The van der Waals surface area contributed by atoms with Crippen LogP contribution in [0.4, 0.5) is 15.9 Å². The summed E-state index contributed by atoms with van der Waals surface area (Å²) >= 11 is 0. The molecule has 0 saturated carbocycles. The van der Waals surface area contributed by atoms with Crippen molar-refractivity contribution in [1.82, 2.24) is 20.3 Å². The summed E-state index contributed by atoms with van der Waals surface area (Å²) in [4.78, 5) is 18.3. The Morgan fingerprint density at radius 2 is 2.17 bits per heavy atom. The van der Waals surface area contributed by atoms with Crippen LogP contribution in [0.5, 0.6) is 0 Å². The number of halogens is 1. The summed E-state index contributed by atoms with van der Waals surface area (Å²) in [5, 5.41) is 9.70. The van der Waals surface area contributed by atoms with Crippen molar-refractivity contribution in [2.45, 2.75) is 32.6 Å². The number of aromatic nitrogens is 4. The minimum absolute atomic E-state index is 0.0640. The van der Waals surface area contributed by atoms with Crippen LogP contribution in [0.25, 0.3) is 11.3 Å². The molecule has 2 heterocycles. The van der Waals surface area contributed by atoms with Crippen LogP contribution in [-0.4, -0.2) is 20.3 Å². The van der Waals surface area contributed by atoms with Crippen LogP contribution in [0, 0.1) is 5.82 Å². The molecule has 0 radical (unpaired) electrons. The number of aryl methyl sites for hydroxylation is 1. The van der Waals surface area contributed by atoms with Gasteiger partial charge in [-0.2, -0.15) is 4.98 Å². The molecule has 2 aromatic heterocycles. The maximum absolute atomic E-state index is 14.2. The third-order valence-corrected chi connectivity index (χ3v) is 3.49. The standard InChI is InChI=1S/C15H16FN5O2/c1-2-3-4-5-9-6-7-11(10(16)8-9)17-14-15(22)19-13-12(18-14)20-23-21-13/h6-8H,2-5H2,1H3,(H,17,18,20)(H,19,21,22). The fourth-order valence-corrected chi connectivity index (χ4v) is 2.27. The summed E-state index contributed by atoms with van der Waals surface area (Å²) in [5.41, 5.74) is 0.869. The van der Waals surface area contributed by atoms with E-state index in [0.717, 1.165) is 31.2 Å². The van der Waals surface area contributed by atoms with E-state index in [0.29, 0.717) is 0 Å². The van der Waals surface area contributed by atoms with Gasteiger partial charge >= 0.3 is 0 Å². The number of unbranched alkanes of at least 4 members (excludes halogenated alkanes) is 2. The van der Waals surface area contributed by atoms with Gasteiger partial charge in [-0.05, 0) is 40.9 Å². The zero-order valence-electron chi connectivity index (χ0n) is 12.6. The molecule has 2 N–H and O–H groups in total. The quantitative estimate of drug-likeness (QED) is 0.679. The van der Waals surface area contributed by atoms with Gasteiger partial charge in [0, 0.05) is 0 Å². The maximum Gasteiger partial charge on any atom is 0.292 e. The number of anilines is 2. The molecule has 0 saturated heterocycles. The first-order chi connectivity index (χ1) is 11.2. The maximum atomic E-state index is 14.2. The molecule has 0 spiro atoms. The minimum atomic E-state index is -0.528. The first-order valence-corrected chi connectivity index (χ1v) is 7.45. The topological polar surface area (TPSA) is 96.7 Å². The van der Waals surface area contributed by atoms with Crippen LogP contribution >= 0.6 is 0 Å². The van der Waals surface area contributed by atoms with Crippen molar-refractivity contribution in [2.24, 2.45) is 0 Å². The second-order valence-corrected chi connectivity index (χ2v) is 5.25. The number of hydrogen-bond acceptors (Lipinski definition) is 6. The predicted molar refractivity (Wildman–Crippen MR) is 83.1 cm³/mol. The molecule has 0 aliphatic rings. The highest BCUT2D eigenvalue weighted by molar-refractivity contribution is 5.67. The molecule has 0 bridgehead atoms. The summed E-state index contributed by atoms with van der Waals surface area (Å²) in [6.07, 6.45) is 4.10. The second-order valence-electron chi connectivity index (χ2n) is 5.25. The van der Waals surface area contributed by atoms with Crippen molar-refractivity contribution in [3.05, 3.63) is 39.9 Å². The molecule has 0 atom stereocenters. The van der Waals surface area contributed by atoms with Crippen LogP contribution < -0.4 is 10.9 Å². The fourth-order valence-electron chi connectivity index (χ4n) is 2.27. The number of nitrogens with one attached hydrogen (secondary N) is 2. The Morgan fingerprint density at radius 3 is 2.96 bits per heavy atom. The van der Waals surface area contributed by atoms with E-state index >= 15 is 0 Å². The van der Waals surface area contributed by atoms with Gasteiger partial charge in [-0.25, -0.2) is 9.02 Å². The second kappa shape index (κ2) is 6.55. The van der Waals surface area contributed by atoms with E-state index in [4.69, 9.17) is 0 Å². The Bertz CT molecular complexity index is 874. The van der Waals surface area contributed by atoms with Crippen molar-refractivity contribution in [2.75, 3.05) is 5.32 Å². The summed E-state index contributed by atoms with van der Waals surface area (Å²) in [5.74, 6) is -0.496. The van der Waals surface area contributed by atoms with Gasteiger partial charge in [-0.3, -0.25) is 9.78 Å². The number of nitrogens with zero attached hydrogens (tertiary/aromatic N) is 3. The molecule has 0 unspecified atom stereocenters. The van der Waals surface area contributed by atoms with Gasteiger partial charge < -0.3 is 5.32 Å². The molecule has 23 heavy (non-hydrogen) atoms. The van der Waals surface area contributed by atoms with Crippen LogP contribution in [0.1, 0.15) is 31.7 Å². The van der Waals surface area contributed by atoms with E-state index in [9.17, 15) is 9.18 Å². The SMILES string of the molecule is CCCCCc1ccc(Nc2nc3nonc3[nH]c2=O)c(F)c1. The Balaban J connectivity index is 1.81. The fraction of sp³-hybridized carbons (Fsp3) is 0.333. The molecule has 3 aromatic rings. The highest BCUT2D eigenvalue weighted by Crippen LogP contribution is 2.20. The first-order valence-electron chi connectivity index (χ1n) is 7.45. The first kappa shape index (κ1) is 15.1. The van der Waals surface area contributed by atoms with Crippen LogP contribution in [0.15, 0.2) is 27.6 Å². The molecule has 3 rings (SSSR count). The third kappa shape index (κ3) is 3.36. The zero-order chi connectivity index (χ0) is 16.2. The van der Waals surface area contributed by atoms with Gasteiger partial charge in [0.1, 0.15) is 5.82 Å². The molecular formula is C15H16FN5O2. The molecule has 1 aromatic carbocycles. The van der Waals surface area contributed by atoms with E-state index in [-0.39, 0.29) is 22.8 Å². The lowest BCUT2D eigenvalue weighted by Gasteiger charge is -2.08. The van der Waals surface area contributed by atoms with Crippen molar-refractivity contribution >= 4 is 22.8 Å². The molecular weight excluding hydrogens is 301 g/mol. The number of rotatable bonds is 6. The number of benzene rings is 1. The summed E-state index contributed by atoms with van der Waals surface area (Å²) < 4.78 is 18.7. The van der Waals surface area contributed by atoms with Crippen molar-refractivity contribution in [1.29, 1.82) is 0 Å². The molecule has 7 nitrogen and oxygen atoms in total. The summed E-state index contributed by atoms with van der Waals surface area (Å²) in [7, 11) is 0. The van der Waals surface area contributed by atoms with E-state index in [1.165, 1.54) is 6.07 Å². The van der Waals surface area contributed by atoms with Gasteiger partial charge in [0.25, 0.3) is 5.56 Å². The largest absolute Gasteiger partial charge is 0.333 e. The number of hydrogen-bond donors (Lipinski definition) is 2. The van der Waals surface area contributed by atoms with Gasteiger partial charge in [0.05, 0.1) is 5.69 Å². The van der Waals surface area contributed by atoms with Crippen LogP contribution in [0.3, 0.4) is 0 Å². The Labute approximate surface area is 130 Å². The molecule has 0 aliphatic heterocycles. The van der Waals surface area contributed by atoms with Gasteiger partial charge in [-0.1, -0.05) is 25.8 Å². The molecule has 0 amide bonds. The van der Waals surface area contributed by atoms with E-state index in [2.05, 4.69) is 37.2 Å². The lowest BCUT2D eigenvalue weighted by molar-refractivity contribution is 0.314. The molecule has 8 heteroatoms. The Morgan fingerprint density at radius 1 is 1.30 bits per heavy atom. The lowest BCUT2D eigenvalue weighted by atomic mass is 10.1. The smallest absolute Gasteiger partial charge is 0.292 e. The monoisotopic (exact) mass is 317 g/mol. The zero-order valence-corrected chi connectivity index (χ0v) is 12.6. The van der Waals surface area contributed by atoms with Crippen LogP contribution in [-0.2, 0) is 6.42 Å². The predicted octanol–water partition coefficient (Wildman–Crippen LogP) is 2.92. The molecule has 0 fully saturated rings. The Hall–Kier alpha value is -2.77. The summed E-state index contributed by atoms with van der Waals surface area (Å²) in [6.45, 7) is 2.12. The van der Waals surface area contributed by atoms with Gasteiger partial charge in [-0.15, -0.1) is 0 Å². The number of fused-ring (bicyclic) bond motifs is 1. The van der Waals surface area contributed by atoms with E-state index in [1.54, 1.807) is 6.07 Å². The van der Waals surface area contributed by atoms with Gasteiger partial charge in [0.15, 0.2) is 5.82 Å². The van der Waals surface area contributed by atoms with Crippen molar-refractivity contribution in [3.63, 3.8) is 0 Å². The van der Waals surface area contributed by atoms with Crippen molar-refractivity contribution < 1.29 is 9.02 Å². The minimum Gasteiger partial charge on any atom is -0.333 e. The third-order valence-electron chi connectivity index (χ3n) is 3.49. The number of H-pyrrole nitrogens is 1. The van der Waals surface area contributed by atoms with Crippen molar-refractivity contribution in [3.8, 4) is 0 Å².